The average Bonchev–Trinajstić information content (AvgIpc) is 3.10. The van der Waals surface area contributed by atoms with Gasteiger partial charge in [-0.05, 0) is 43.2 Å². The minimum absolute atomic E-state index is 0.00499. The van der Waals surface area contributed by atoms with Crippen LogP contribution in [0.25, 0.3) is 5.69 Å². The molecule has 7 heteroatoms. The highest BCUT2D eigenvalue weighted by Gasteiger charge is 2.17. The van der Waals surface area contributed by atoms with Crippen molar-refractivity contribution in [2.75, 3.05) is 5.75 Å². The fourth-order valence-electron chi connectivity index (χ4n) is 2.68. The van der Waals surface area contributed by atoms with Gasteiger partial charge in [-0.2, -0.15) is 0 Å². The summed E-state index contributed by atoms with van der Waals surface area (Å²) in [4.78, 5) is 12.2. The second-order valence-electron chi connectivity index (χ2n) is 6.54. The number of aromatic nitrogens is 3. The van der Waals surface area contributed by atoms with Gasteiger partial charge in [0.1, 0.15) is 5.82 Å². The SMILES string of the molecule is CCC(C)NC(=O)CSc1nnc(Cc2ccccc2)n1-c1ccc(Cl)cc1. The van der Waals surface area contributed by atoms with Crippen molar-refractivity contribution in [2.45, 2.75) is 37.9 Å². The number of hydrogen-bond donors (Lipinski definition) is 1. The van der Waals surface area contributed by atoms with E-state index in [9.17, 15) is 4.79 Å². The summed E-state index contributed by atoms with van der Waals surface area (Å²) in [6.45, 7) is 4.04. The number of carbonyl (C=O) groups excluding carboxylic acids is 1. The molecule has 1 atom stereocenters. The summed E-state index contributed by atoms with van der Waals surface area (Å²) in [5, 5.41) is 13.1. The summed E-state index contributed by atoms with van der Waals surface area (Å²) in [7, 11) is 0. The van der Waals surface area contributed by atoms with Crippen LogP contribution in [0, 0.1) is 0 Å². The number of nitrogens with one attached hydrogen (secondary N) is 1. The molecule has 0 bridgehead atoms. The molecule has 1 unspecified atom stereocenters. The molecule has 146 valence electrons. The number of amides is 1. The molecule has 0 spiro atoms. The molecule has 2 aromatic carbocycles. The number of rotatable bonds is 8. The third kappa shape index (κ3) is 5.36. The van der Waals surface area contributed by atoms with Crippen LogP contribution in [0.4, 0.5) is 0 Å². The first-order chi connectivity index (χ1) is 13.6. The van der Waals surface area contributed by atoms with Crippen molar-refractivity contribution in [3.05, 3.63) is 71.0 Å². The Bertz CT molecular complexity index is 912. The molecule has 3 aromatic rings. The topological polar surface area (TPSA) is 59.8 Å². The van der Waals surface area contributed by atoms with E-state index in [1.54, 1.807) is 0 Å². The Morgan fingerprint density at radius 2 is 1.86 bits per heavy atom. The molecule has 0 saturated heterocycles. The summed E-state index contributed by atoms with van der Waals surface area (Å²) >= 11 is 7.43. The minimum Gasteiger partial charge on any atom is -0.353 e. The van der Waals surface area contributed by atoms with Gasteiger partial charge in [-0.15, -0.1) is 10.2 Å². The van der Waals surface area contributed by atoms with Crippen LogP contribution in [0.1, 0.15) is 31.7 Å². The first-order valence-corrected chi connectivity index (χ1v) is 10.6. The second-order valence-corrected chi connectivity index (χ2v) is 7.92. The third-order valence-corrected chi connectivity index (χ3v) is 5.52. The number of thioether (sulfide) groups is 1. The zero-order valence-corrected chi connectivity index (χ0v) is 17.5. The summed E-state index contributed by atoms with van der Waals surface area (Å²) in [6.07, 6.45) is 1.55. The number of carbonyl (C=O) groups is 1. The lowest BCUT2D eigenvalue weighted by molar-refractivity contribution is -0.119. The number of nitrogens with zero attached hydrogens (tertiary/aromatic N) is 3. The Balaban J connectivity index is 1.85. The van der Waals surface area contributed by atoms with E-state index in [1.165, 1.54) is 11.8 Å². The predicted molar refractivity (Wildman–Crippen MR) is 114 cm³/mol. The van der Waals surface area contributed by atoms with E-state index in [-0.39, 0.29) is 11.9 Å². The average molecular weight is 415 g/mol. The van der Waals surface area contributed by atoms with Gasteiger partial charge in [0.2, 0.25) is 5.91 Å². The molecular formula is C21H23ClN4OS. The van der Waals surface area contributed by atoms with Crippen LogP contribution in [0.5, 0.6) is 0 Å². The van der Waals surface area contributed by atoms with Crippen molar-refractivity contribution >= 4 is 29.3 Å². The van der Waals surface area contributed by atoms with Crippen molar-refractivity contribution in [1.82, 2.24) is 20.1 Å². The van der Waals surface area contributed by atoms with Crippen molar-refractivity contribution in [2.24, 2.45) is 0 Å². The molecule has 1 N–H and O–H groups in total. The van der Waals surface area contributed by atoms with Gasteiger partial charge in [0.15, 0.2) is 5.16 Å². The maximum atomic E-state index is 12.2. The Morgan fingerprint density at radius 3 is 2.54 bits per heavy atom. The van der Waals surface area contributed by atoms with E-state index >= 15 is 0 Å². The van der Waals surface area contributed by atoms with Crippen molar-refractivity contribution < 1.29 is 4.79 Å². The van der Waals surface area contributed by atoms with Gasteiger partial charge < -0.3 is 5.32 Å². The summed E-state index contributed by atoms with van der Waals surface area (Å²) in [5.41, 5.74) is 2.07. The number of halogens is 1. The van der Waals surface area contributed by atoms with Crippen LogP contribution in [0.15, 0.2) is 59.8 Å². The van der Waals surface area contributed by atoms with Crippen LogP contribution in [-0.4, -0.2) is 32.5 Å². The first-order valence-electron chi connectivity index (χ1n) is 9.23. The lowest BCUT2D eigenvalue weighted by Crippen LogP contribution is -2.33. The molecule has 28 heavy (non-hydrogen) atoms. The van der Waals surface area contributed by atoms with Crippen LogP contribution in [0.2, 0.25) is 5.02 Å². The normalized spacial score (nSPS) is 12.0. The van der Waals surface area contributed by atoms with E-state index in [0.717, 1.165) is 23.5 Å². The number of hydrogen-bond acceptors (Lipinski definition) is 4. The molecule has 0 aliphatic rings. The van der Waals surface area contributed by atoms with Crippen LogP contribution in [-0.2, 0) is 11.2 Å². The maximum absolute atomic E-state index is 12.2. The fraction of sp³-hybridized carbons (Fsp3) is 0.286. The Kier molecular flexibility index (Phi) is 7.12. The second kappa shape index (κ2) is 9.75. The third-order valence-electron chi connectivity index (χ3n) is 4.34. The Morgan fingerprint density at radius 1 is 1.14 bits per heavy atom. The van der Waals surface area contributed by atoms with Crippen molar-refractivity contribution in [3.8, 4) is 5.69 Å². The molecule has 0 radical (unpaired) electrons. The quantitative estimate of drug-likeness (QED) is 0.550. The zero-order chi connectivity index (χ0) is 19.9. The summed E-state index contributed by atoms with van der Waals surface area (Å²) in [5.74, 6) is 1.11. The molecule has 3 rings (SSSR count). The fourth-order valence-corrected chi connectivity index (χ4v) is 3.59. The van der Waals surface area contributed by atoms with Gasteiger partial charge in [0.05, 0.1) is 5.75 Å². The maximum Gasteiger partial charge on any atom is 0.230 e. The van der Waals surface area contributed by atoms with E-state index in [0.29, 0.717) is 22.4 Å². The summed E-state index contributed by atoms with van der Waals surface area (Å²) < 4.78 is 1.99. The smallest absolute Gasteiger partial charge is 0.230 e. The van der Waals surface area contributed by atoms with Gasteiger partial charge in [0.25, 0.3) is 0 Å². The van der Waals surface area contributed by atoms with Gasteiger partial charge in [-0.3, -0.25) is 9.36 Å². The van der Waals surface area contributed by atoms with Gasteiger partial charge in [-0.1, -0.05) is 60.6 Å². The molecule has 0 fully saturated rings. The van der Waals surface area contributed by atoms with Gasteiger partial charge >= 0.3 is 0 Å². The Hall–Kier alpha value is -2.31. The lowest BCUT2D eigenvalue weighted by Gasteiger charge is -2.12. The molecule has 0 aliphatic heterocycles. The van der Waals surface area contributed by atoms with Crippen LogP contribution >= 0.6 is 23.4 Å². The highest BCUT2D eigenvalue weighted by atomic mass is 35.5. The Labute approximate surface area is 174 Å². The molecule has 1 heterocycles. The molecule has 1 aromatic heterocycles. The first kappa shape index (κ1) is 20.4. The number of benzene rings is 2. The van der Waals surface area contributed by atoms with E-state index < -0.39 is 0 Å². The van der Waals surface area contributed by atoms with Crippen molar-refractivity contribution in [3.63, 3.8) is 0 Å². The highest BCUT2D eigenvalue weighted by molar-refractivity contribution is 7.99. The predicted octanol–water partition coefficient (Wildman–Crippen LogP) is 4.52. The van der Waals surface area contributed by atoms with E-state index in [1.807, 2.05) is 60.9 Å². The van der Waals surface area contributed by atoms with E-state index in [4.69, 9.17) is 11.6 Å². The molecule has 0 aliphatic carbocycles. The zero-order valence-electron chi connectivity index (χ0n) is 15.9. The van der Waals surface area contributed by atoms with Gasteiger partial charge in [-0.25, -0.2) is 0 Å². The standard InChI is InChI=1S/C21H23ClN4OS/c1-3-15(2)23-20(27)14-28-21-25-24-19(13-16-7-5-4-6-8-16)26(21)18-11-9-17(22)10-12-18/h4-12,15H,3,13-14H2,1-2H3,(H,23,27). The summed E-state index contributed by atoms with van der Waals surface area (Å²) in [6, 6.07) is 17.8. The van der Waals surface area contributed by atoms with Gasteiger partial charge in [0, 0.05) is 23.2 Å². The van der Waals surface area contributed by atoms with Crippen LogP contribution < -0.4 is 5.32 Å². The lowest BCUT2D eigenvalue weighted by atomic mass is 10.1. The molecule has 5 nitrogen and oxygen atoms in total. The minimum atomic E-state index is -0.00499. The van der Waals surface area contributed by atoms with Crippen LogP contribution in [0.3, 0.4) is 0 Å². The largest absolute Gasteiger partial charge is 0.353 e. The monoisotopic (exact) mass is 414 g/mol. The molecular weight excluding hydrogens is 392 g/mol. The highest BCUT2D eigenvalue weighted by Crippen LogP contribution is 2.24. The van der Waals surface area contributed by atoms with Crippen molar-refractivity contribution in [1.29, 1.82) is 0 Å². The van der Waals surface area contributed by atoms with E-state index in [2.05, 4.69) is 27.6 Å². The molecule has 1 amide bonds. The molecule has 0 saturated carbocycles.